The molecule has 0 spiro atoms. The second-order valence-electron chi connectivity index (χ2n) is 6.11. The minimum absolute atomic E-state index is 0.141. The van der Waals surface area contributed by atoms with Crippen LogP contribution >= 0.6 is 0 Å². The number of aromatic hydroxyl groups is 1. The van der Waals surface area contributed by atoms with Gasteiger partial charge in [-0.15, -0.1) is 0 Å². The second kappa shape index (κ2) is 7.25. The molecule has 0 aliphatic rings. The predicted molar refractivity (Wildman–Crippen MR) is 109 cm³/mol. The van der Waals surface area contributed by atoms with Gasteiger partial charge in [0.1, 0.15) is 5.75 Å². The van der Waals surface area contributed by atoms with Gasteiger partial charge in [-0.2, -0.15) is 5.10 Å². The summed E-state index contributed by atoms with van der Waals surface area (Å²) >= 11 is 0. The van der Waals surface area contributed by atoms with E-state index in [1.807, 2.05) is 67.6 Å². The van der Waals surface area contributed by atoms with Crippen LogP contribution in [0, 0.1) is 0 Å². The molecule has 1 heterocycles. The van der Waals surface area contributed by atoms with Gasteiger partial charge in [-0.1, -0.05) is 54.6 Å². The fourth-order valence-electron chi connectivity index (χ4n) is 2.83. The molecule has 27 heavy (non-hydrogen) atoms. The summed E-state index contributed by atoms with van der Waals surface area (Å²) in [6.07, 6.45) is 0. The number of nitrogens with one attached hydrogen (secondary N) is 1. The zero-order valence-corrected chi connectivity index (χ0v) is 14.8. The van der Waals surface area contributed by atoms with Gasteiger partial charge in [0, 0.05) is 5.39 Å². The molecular formula is C22H18N4O. The van der Waals surface area contributed by atoms with E-state index in [1.54, 1.807) is 18.2 Å². The third-order valence-electron chi connectivity index (χ3n) is 4.27. The van der Waals surface area contributed by atoms with Crippen molar-refractivity contribution in [2.45, 2.75) is 6.92 Å². The summed E-state index contributed by atoms with van der Waals surface area (Å²) < 4.78 is 0. The molecule has 0 fully saturated rings. The Morgan fingerprint density at radius 2 is 1.56 bits per heavy atom. The predicted octanol–water partition coefficient (Wildman–Crippen LogP) is 4.84. The molecular weight excluding hydrogens is 336 g/mol. The van der Waals surface area contributed by atoms with Gasteiger partial charge in [-0.05, 0) is 36.8 Å². The van der Waals surface area contributed by atoms with Crippen LogP contribution in [0.3, 0.4) is 0 Å². The minimum Gasteiger partial charge on any atom is -0.507 e. The first-order valence-electron chi connectivity index (χ1n) is 8.63. The number of hydrogen-bond donors (Lipinski definition) is 2. The molecule has 0 atom stereocenters. The maximum atomic E-state index is 10.2. The number of phenolic OH excluding ortho intramolecular Hbond substituents is 1. The van der Waals surface area contributed by atoms with Crippen molar-refractivity contribution in [1.29, 1.82) is 0 Å². The molecule has 0 aliphatic carbocycles. The van der Waals surface area contributed by atoms with Crippen molar-refractivity contribution < 1.29 is 5.11 Å². The monoisotopic (exact) mass is 354 g/mol. The van der Waals surface area contributed by atoms with Crippen molar-refractivity contribution in [3.05, 3.63) is 84.4 Å². The van der Waals surface area contributed by atoms with Crippen LogP contribution in [0.15, 0.2) is 84.0 Å². The normalized spacial score (nSPS) is 11.5. The molecule has 5 nitrogen and oxygen atoms in total. The van der Waals surface area contributed by atoms with Crippen LogP contribution in [-0.2, 0) is 0 Å². The molecule has 132 valence electrons. The molecule has 0 radical (unpaired) electrons. The number of benzene rings is 3. The minimum atomic E-state index is 0.141. The summed E-state index contributed by atoms with van der Waals surface area (Å²) in [5, 5.41) is 15.5. The van der Waals surface area contributed by atoms with Gasteiger partial charge < -0.3 is 5.11 Å². The third kappa shape index (κ3) is 3.48. The third-order valence-corrected chi connectivity index (χ3v) is 4.27. The number of fused-ring (bicyclic) bond motifs is 1. The second-order valence-corrected chi connectivity index (χ2v) is 6.11. The SMILES string of the molecule is C/C(=N/Nc1nc(-c2ccccc2O)nc2ccccc12)c1ccccc1. The lowest BCUT2D eigenvalue weighted by Gasteiger charge is -2.10. The van der Waals surface area contributed by atoms with Gasteiger partial charge in [0.25, 0.3) is 0 Å². The van der Waals surface area contributed by atoms with Gasteiger partial charge in [0.05, 0.1) is 16.8 Å². The van der Waals surface area contributed by atoms with E-state index in [1.165, 1.54) is 0 Å². The number of para-hydroxylation sites is 2. The van der Waals surface area contributed by atoms with Crippen LogP contribution in [0.2, 0.25) is 0 Å². The molecule has 0 aliphatic heterocycles. The Labute approximate surface area is 157 Å². The number of hydrazone groups is 1. The van der Waals surface area contributed by atoms with Gasteiger partial charge in [-0.25, -0.2) is 9.97 Å². The average molecular weight is 354 g/mol. The van der Waals surface area contributed by atoms with E-state index < -0.39 is 0 Å². The topological polar surface area (TPSA) is 70.4 Å². The van der Waals surface area contributed by atoms with E-state index in [4.69, 9.17) is 0 Å². The lowest BCUT2D eigenvalue weighted by molar-refractivity contribution is 0.477. The standard InChI is InChI=1S/C22H18N4O/c1-15(16-9-3-2-4-10-16)25-26-22-17-11-5-7-13-19(17)23-21(24-22)18-12-6-8-14-20(18)27/h2-14,27H,1H3,(H,23,24,26)/b25-15-. The highest BCUT2D eigenvalue weighted by molar-refractivity contribution is 5.99. The maximum Gasteiger partial charge on any atom is 0.165 e. The summed E-state index contributed by atoms with van der Waals surface area (Å²) in [6.45, 7) is 1.94. The first kappa shape index (κ1) is 16.7. The van der Waals surface area contributed by atoms with E-state index in [0.29, 0.717) is 17.2 Å². The zero-order valence-electron chi connectivity index (χ0n) is 14.8. The summed E-state index contributed by atoms with van der Waals surface area (Å²) in [4.78, 5) is 9.20. The lowest BCUT2D eigenvalue weighted by atomic mass is 10.1. The highest BCUT2D eigenvalue weighted by Crippen LogP contribution is 2.29. The molecule has 5 heteroatoms. The van der Waals surface area contributed by atoms with Gasteiger partial charge >= 0.3 is 0 Å². The van der Waals surface area contributed by atoms with Crippen LogP contribution in [0.1, 0.15) is 12.5 Å². The van der Waals surface area contributed by atoms with Gasteiger partial charge in [0.15, 0.2) is 11.6 Å². The molecule has 0 saturated carbocycles. The molecule has 0 bridgehead atoms. The first-order valence-corrected chi connectivity index (χ1v) is 8.63. The summed E-state index contributed by atoms with van der Waals surface area (Å²) in [6, 6.07) is 24.7. The smallest absolute Gasteiger partial charge is 0.165 e. The quantitative estimate of drug-likeness (QED) is 0.406. The fraction of sp³-hybridized carbons (Fsp3) is 0.0455. The molecule has 0 saturated heterocycles. The van der Waals surface area contributed by atoms with Crippen molar-refractivity contribution in [2.24, 2.45) is 5.10 Å². The average Bonchev–Trinajstić information content (AvgIpc) is 2.72. The number of phenols is 1. The Hall–Kier alpha value is -3.73. The Balaban J connectivity index is 1.79. The number of nitrogens with zero attached hydrogens (tertiary/aromatic N) is 3. The van der Waals surface area contributed by atoms with E-state index in [9.17, 15) is 5.11 Å². The Morgan fingerprint density at radius 3 is 2.37 bits per heavy atom. The zero-order chi connectivity index (χ0) is 18.6. The van der Waals surface area contributed by atoms with E-state index in [0.717, 1.165) is 22.2 Å². The van der Waals surface area contributed by atoms with Crippen molar-refractivity contribution >= 4 is 22.4 Å². The number of aromatic nitrogens is 2. The van der Waals surface area contributed by atoms with E-state index >= 15 is 0 Å². The molecule has 3 aromatic carbocycles. The molecule has 0 amide bonds. The highest BCUT2D eigenvalue weighted by atomic mass is 16.3. The van der Waals surface area contributed by atoms with Crippen molar-refractivity contribution in [2.75, 3.05) is 5.43 Å². The largest absolute Gasteiger partial charge is 0.507 e. The number of anilines is 1. The first-order chi connectivity index (χ1) is 13.2. The van der Waals surface area contributed by atoms with Crippen LogP contribution in [0.5, 0.6) is 5.75 Å². The molecule has 1 aromatic heterocycles. The summed E-state index contributed by atoms with van der Waals surface area (Å²) in [5.74, 6) is 1.18. The molecule has 4 rings (SSSR count). The highest BCUT2D eigenvalue weighted by Gasteiger charge is 2.11. The molecule has 4 aromatic rings. The van der Waals surface area contributed by atoms with Crippen LogP contribution in [0.25, 0.3) is 22.3 Å². The van der Waals surface area contributed by atoms with Crippen LogP contribution in [0.4, 0.5) is 5.82 Å². The van der Waals surface area contributed by atoms with Crippen molar-refractivity contribution in [3.8, 4) is 17.1 Å². The Morgan fingerprint density at radius 1 is 0.852 bits per heavy atom. The van der Waals surface area contributed by atoms with E-state index in [2.05, 4.69) is 20.5 Å². The van der Waals surface area contributed by atoms with Crippen molar-refractivity contribution in [1.82, 2.24) is 9.97 Å². The number of rotatable bonds is 4. The van der Waals surface area contributed by atoms with Crippen molar-refractivity contribution in [3.63, 3.8) is 0 Å². The molecule has 2 N–H and O–H groups in total. The number of hydrogen-bond acceptors (Lipinski definition) is 5. The maximum absolute atomic E-state index is 10.2. The molecule has 0 unspecified atom stereocenters. The van der Waals surface area contributed by atoms with Crippen LogP contribution < -0.4 is 5.43 Å². The van der Waals surface area contributed by atoms with Gasteiger partial charge in [0.2, 0.25) is 0 Å². The lowest BCUT2D eigenvalue weighted by Crippen LogP contribution is -2.03. The Bertz CT molecular complexity index is 1120. The van der Waals surface area contributed by atoms with Gasteiger partial charge in [-0.3, -0.25) is 5.43 Å². The van der Waals surface area contributed by atoms with Crippen LogP contribution in [-0.4, -0.2) is 20.8 Å². The summed E-state index contributed by atoms with van der Waals surface area (Å²) in [5.41, 5.74) is 6.31. The van der Waals surface area contributed by atoms with E-state index in [-0.39, 0.29) is 5.75 Å². The Kier molecular flexibility index (Phi) is 4.49. The summed E-state index contributed by atoms with van der Waals surface area (Å²) in [7, 11) is 0. The fourth-order valence-corrected chi connectivity index (χ4v) is 2.83.